The van der Waals surface area contributed by atoms with Gasteiger partial charge in [0.15, 0.2) is 0 Å². The normalized spacial score (nSPS) is 11.2. The van der Waals surface area contributed by atoms with Crippen LogP contribution in [0.4, 0.5) is 11.4 Å². The third-order valence-corrected chi connectivity index (χ3v) is 6.19. The second-order valence-electron chi connectivity index (χ2n) is 7.42. The molecule has 9 nitrogen and oxygen atoms in total. The zero-order chi connectivity index (χ0) is 23.8. The topological polar surface area (TPSA) is 122 Å². The summed E-state index contributed by atoms with van der Waals surface area (Å²) in [7, 11) is -2.04. The van der Waals surface area contributed by atoms with Crippen LogP contribution in [0, 0.1) is 10.1 Å². The fraction of sp³-hybridized carbons (Fsp3) is 0.174. The van der Waals surface area contributed by atoms with Gasteiger partial charge in [0.25, 0.3) is 21.6 Å². The van der Waals surface area contributed by atoms with E-state index in [1.165, 1.54) is 48.0 Å². The molecule has 0 fully saturated rings. The number of anilines is 1. The lowest BCUT2D eigenvalue weighted by Crippen LogP contribution is -2.32. The maximum Gasteiger partial charge on any atom is 0.270 e. The number of sulfonamides is 1. The van der Waals surface area contributed by atoms with Gasteiger partial charge in [-0.3, -0.25) is 19.6 Å². The highest BCUT2D eigenvalue weighted by atomic mass is 32.2. The van der Waals surface area contributed by atoms with E-state index >= 15 is 0 Å². The Hall–Kier alpha value is -3.76. The van der Waals surface area contributed by atoms with Gasteiger partial charge in [0.2, 0.25) is 0 Å². The van der Waals surface area contributed by atoms with Crippen molar-refractivity contribution >= 4 is 27.3 Å². The molecule has 0 aliphatic rings. The highest BCUT2D eigenvalue weighted by Gasteiger charge is 2.18. The van der Waals surface area contributed by atoms with Crippen molar-refractivity contribution in [3.05, 3.63) is 100 Å². The minimum Gasteiger partial charge on any atom is -0.351 e. The summed E-state index contributed by atoms with van der Waals surface area (Å²) in [5, 5.41) is 13.7. The Morgan fingerprint density at radius 3 is 2.36 bits per heavy atom. The number of nitrogens with one attached hydrogen (secondary N) is 2. The van der Waals surface area contributed by atoms with Gasteiger partial charge < -0.3 is 10.2 Å². The molecular formula is C23H24N4O5S. The molecule has 0 unspecified atom stereocenters. The van der Waals surface area contributed by atoms with Crippen LogP contribution in [0.5, 0.6) is 0 Å². The zero-order valence-corrected chi connectivity index (χ0v) is 18.8. The number of likely N-dealkylation sites (N-methyl/N-ethyl adjacent to an activating group) is 1. The summed E-state index contributed by atoms with van der Waals surface area (Å²) < 4.78 is 27.4. The summed E-state index contributed by atoms with van der Waals surface area (Å²) in [4.78, 5) is 24.5. The number of hydrogen-bond donors (Lipinski definition) is 2. The molecule has 0 bridgehead atoms. The molecular weight excluding hydrogens is 444 g/mol. The van der Waals surface area contributed by atoms with E-state index in [9.17, 15) is 23.3 Å². The van der Waals surface area contributed by atoms with Crippen molar-refractivity contribution in [2.75, 3.05) is 24.9 Å². The van der Waals surface area contributed by atoms with Crippen molar-refractivity contribution in [1.82, 2.24) is 10.2 Å². The number of non-ortho nitro benzene ring substituents is 1. The molecule has 172 valence electrons. The summed E-state index contributed by atoms with van der Waals surface area (Å²) in [6, 6.07) is 20.7. The SMILES string of the molecule is CN(CCNC(=O)c1ccc(NS(=O)(=O)c2cccc([N+](=O)[O-])c2)cc1)Cc1ccccc1. The lowest BCUT2D eigenvalue weighted by molar-refractivity contribution is -0.385. The molecule has 1 amide bonds. The number of nitrogens with zero attached hydrogens (tertiary/aromatic N) is 2. The van der Waals surface area contributed by atoms with Crippen LogP contribution >= 0.6 is 0 Å². The van der Waals surface area contributed by atoms with Gasteiger partial charge in [-0.1, -0.05) is 36.4 Å². The Kier molecular flexibility index (Phi) is 7.75. The van der Waals surface area contributed by atoms with Crippen LogP contribution in [-0.2, 0) is 16.6 Å². The highest BCUT2D eigenvalue weighted by Crippen LogP contribution is 2.20. The Balaban J connectivity index is 1.53. The first-order valence-corrected chi connectivity index (χ1v) is 11.6. The molecule has 0 saturated heterocycles. The number of carbonyl (C=O) groups excluding carboxylic acids is 1. The number of nitro benzene ring substituents is 1. The van der Waals surface area contributed by atoms with E-state index < -0.39 is 14.9 Å². The molecule has 2 N–H and O–H groups in total. The molecule has 0 atom stereocenters. The first-order valence-electron chi connectivity index (χ1n) is 10.1. The van der Waals surface area contributed by atoms with E-state index in [1.54, 1.807) is 0 Å². The number of amides is 1. The van der Waals surface area contributed by atoms with E-state index in [-0.39, 0.29) is 22.2 Å². The summed E-state index contributed by atoms with van der Waals surface area (Å²) in [5.74, 6) is -0.267. The van der Waals surface area contributed by atoms with Crippen LogP contribution in [-0.4, -0.2) is 44.3 Å². The maximum atomic E-state index is 12.5. The smallest absolute Gasteiger partial charge is 0.270 e. The molecule has 3 rings (SSSR count). The first-order chi connectivity index (χ1) is 15.7. The van der Waals surface area contributed by atoms with Crippen molar-refractivity contribution in [2.24, 2.45) is 0 Å². The van der Waals surface area contributed by atoms with Gasteiger partial charge in [0, 0.05) is 43.0 Å². The molecule has 0 saturated carbocycles. The highest BCUT2D eigenvalue weighted by molar-refractivity contribution is 7.92. The molecule has 3 aromatic carbocycles. The third-order valence-electron chi connectivity index (χ3n) is 4.81. The quantitative estimate of drug-likeness (QED) is 0.348. The van der Waals surface area contributed by atoms with Gasteiger partial charge in [0.1, 0.15) is 0 Å². The average Bonchev–Trinajstić information content (AvgIpc) is 2.80. The van der Waals surface area contributed by atoms with Crippen molar-refractivity contribution in [3.8, 4) is 0 Å². The molecule has 10 heteroatoms. The number of nitro groups is 1. The minimum atomic E-state index is -4.01. The standard InChI is InChI=1S/C23H24N4O5S/c1-26(17-18-6-3-2-4-7-18)15-14-24-23(28)19-10-12-20(13-11-19)25-33(31,32)22-9-5-8-21(16-22)27(29)30/h2-13,16,25H,14-15,17H2,1H3,(H,24,28). The Morgan fingerprint density at radius 1 is 1.00 bits per heavy atom. The van der Waals surface area contributed by atoms with E-state index in [2.05, 4.69) is 14.9 Å². The van der Waals surface area contributed by atoms with Crippen molar-refractivity contribution < 1.29 is 18.1 Å². The second-order valence-corrected chi connectivity index (χ2v) is 9.10. The largest absolute Gasteiger partial charge is 0.351 e. The van der Waals surface area contributed by atoms with E-state index in [0.717, 1.165) is 12.6 Å². The summed E-state index contributed by atoms with van der Waals surface area (Å²) in [5.41, 5.74) is 1.49. The number of hydrogen-bond acceptors (Lipinski definition) is 6. The second kappa shape index (κ2) is 10.7. The van der Waals surface area contributed by atoms with E-state index in [0.29, 0.717) is 18.7 Å². The molecule has 0 aromatic heterocycles. The van der Waals surface area contributed by atoms with Gasteiger partial charge in [-0.25, -0.2) is 8.42 Å². The van der Waals surface area contributed by atoms with E-state index in [1.807, 2.05) is 37.4 Å². The van der Waals surface area contributed by atoms with Crippen molar-refractivity contribution in [1.29, 1.82) is 0 Å². The van der Waals surface area contributed by atoms with Crippen LogP contribution in [0.3, 0.4) is 0 Å². The van der Waals surface area contributed by atoms with Crippen LogP contribution < -0.4 is 10.0 Å². The minimum absolute atomic E-state index is 0.224. The predicted octanol–water partition coefficient (Wildman–Crippen LogP) is 3.26. The van der Waals surface area contributed by atoms with E-state index in [4.69, 9.17) is 0 Å². The van der Waals surface area contributed by atoms with Gasteiger partial charge >= 0.3 is 0 Å². The summed E-state index contributed by atoms with van der Waals surface area (Å²) in [6.07, 6.45) is 0. The van der Waals surface area contributed by atoms with Gasteiger partial charge in [-0.05, 0) is 42.9 Å². The molecule has 0 aliphatic carbocycles. The fourth-order valence-corrected chi connectivity index (χ4v) is 4.20. The summed E-state index contributed by atoms with van der Waals surface area (Å²) in [6.45, 7) is 1.90. The van der Waals surface area contributed by atoms with Gasteiger partial charge in [-0.2, -0.15) is 0 Å². The number of rotatable bonds is 10. The Morgan fingerprint density at radius 2 is 1.70 bits per heavy atom. The predicted molar refractivity (Wildman–Crippen MR) is 125 cm³/mol. The molecule has 0 aliphatic heterocycles. The lowest BCUT2D eigenvalue weighted by Gasteiger charge is -2.17. The van der Waals surface area contributed by atoms with Crippen LogP contribution in [0.1, 0.15) is 15.9 Å². The number of carbonyl (C=O) groups is 1. The van der Waals surface area contributed by atoms with Crippen LogP contribution in [0.2, 0.25) is 0 Å². The van der Waals surface area contributed by atoms with Gasteiger partial charge in [0.05, 0.1) is 9.82 Å². The lowest BCUT2D eigenvalue weighted by atomic mass is 10.2. The van der Waals surface area contributed by atoms with Crippen molar-refractivity contribution in [2.45, 2.75) is 11.4 Å². The number of benzene rings is 3. The van der Waals surface area contributed by atoms with Crippen molar-refractivity contribution in [3.63, 3.8) is 0 Å². The molecule has 3 aromatic rings. The Bertz CT molecular complexity index is 1220. The monoisotopic (exact) mass is 468 g/mol. The molecule has 0 heterocycles. The fourth-order valence-electron chi connectivity index (χ4n) is 3.10. The average molecular weight is 469 g/mol. The first kappa shape index (κ1) is 23.9. The maximum absolute atomic E-state index is 12.5. The van der Waals surface area contributed by atoms with Crippen LogP contribution in [0.15, 0.2) is 83.8 Å². The zero-order valence-electron chi connectivity index (χ0n) is 18.0. The Labute approximate surface area is 192 Å². The molecule has 0 radical (unpaired) electrons. The summed E-state index contributed by atoms with van der Waals surface area (Å²) >= 11 is 0. The van der Waals surface area contributed by atoms with Crippen LogP contribution in [0.25, 0.3) is 0 Å². The molecule has 33 heavy (non-hydrogen) atoms. The third kappa shape index (κ3) is 6.86. The van der Waals surface area contributed by atoms with Gasteiger partial charge in [-0.15, -0.1) is 0 Å². The molecule has 0 spiro atoms.